The minimum absolute atomic E-state index is 0.472. The van der Waals surface area contributed by atoms with Crippen molar-refractivity contribution in [2.75, 3.05) is 0 Å². The highest BCUT2D eigenvalue weighted by Crippen LogP contribution is 2.25. The molecule has 0 spiro atoms. The van der Waals surface area contributed by atoms with Crippen molar-refractivity contribution in [2.24, 2.45) is 7.05 Å². The van der Waals surface area contributed by atoms with Crippen LogP contribution in [0.25, 0.3) is 11.0 Å². The van der Waals surface area contributed by atoms with Crippen molar-refractivity contribution in [3.8, 4) is 0 Å². The first kappa shape index (κ1) is 12.6. The summed E-state index contributed by atoms with van der Waals surface area (Å²) in [5, 5.41) is 3.40. The van der Waals surface area contributed by atoms with Crippen molar-refractivity contribution in [3.05, 3.63) is 28.0 Å². The lowest BCUT2D eigenvalue weighted by molar-refractivity contribution is 0.563. The van der Waals surface area contributed by atoms with Crippen LogP contribution in [-0.2, 0) is 13.6 Å². The molecule has 1 aromatic carbocycles. The average Bonchev–Trinajstić information content (AvgIpc) is 2.54. The summed E-state index contributed by atoms with van der Waals surface area (Å²) in [7, 11) is 2.07. The van der Waals surface area contributed by atoms with Gasteiger partial charge in [0.05, 0.1) is 12.1 Å². The molecule has 1 aromatic heterocycles. The Bertz CT molecular complexity index is 543. The van der Waals surface area contributed by atoms with Gasteiger partial charge in [-0.05, 0) is 40.5 Å². The summed E-state index contributed by atoms with van der Waals surface area (Å²) in [4.78, 5) is 4.68. The van der Waals surface area contributed by atoms with E-state index in [1.165, 1.54) is 11.1 Å². The van der Waals surface area contributed by atoms with E-state index in [0.717, 1.165) is 22.4 Å². The molecule has 0 saturated heterocycles. The predicted octanol–water partition coefficient (Wildman–Crippen LogP) is 3.14. The van der Waals surface area contributed by atoms with Gasteiger partial charge in [-0.2, -0.15) is 0 Å². The Labute approximate surface area is 110 Å². The van der Waals surface area contributed by atoms with Crippen LogP contribution < -0.4 is 5.32 Å². The minimum atomic E-state index is 0.472. The van der Waals surface area contributed by atoms with Crippen LogP contribution in [0.2, 0.25) is 0 Å². The zero-order valence-corrected chi connectivity index (χ0v) is 12.3. The van der Waals surface area contributed by atoms with Crippen molar-refractivity contribution in [3.63, 3.8) is 0 Å². The van der Waals surface area contributed by atoms with Crippen LogP contribution >= 0.6 is 15.9 Å². The van der Waals surface area contributed by atoms with Crippen molar-refractivity contribution >= 4 is 27.0 Å². The van der Waals surface area contributed by atoms with Gasteiger partial charge in [-0.25, -0.2) is 4.98 Å². The molecule has 0 amide bonds. The minimum Gasteiger partial charge on any atom is -0.330 e. The van der Waals surface area contributed by atoms with E-state index in [1.54, 1.807) is 0 Å². The van der Waals surface area contributed by atoms with Crippen LogP contribution in [0.4, 0.5) is 0 Å². The molecule has 0 bridgehead atoms. The van der Waals surface area contributed by atoms with Gasteiger partial charge in [0.2, 0.25) is 0 Å². The maximum Gasteiger partial charge on any atom is 0.123 e. The number of aryl methyl sites for hydroxylation is 2. The van der Waals surface area contributed by atoms with E-state index in [9.17, 15) is 0 Å². The molecule has 0 unspecified atom stereocenters. The summed E-state index contributed by atoms with van der Waals surface area (Å²) < 4.78 is 3.22. The van der Waals surface area contributed by atoms with E-state index >= 15 is 0 Å². The molecule has 3 nitrogen and oxygen atoms in total. The topological polar surface area (TPSA) is 29.9 Å². The molecule has 2 aromatic rings. The molecule has 2 rings (SSSR count). The molecule has 17 heavy (non-hydrogen) atoms. The third-order valence-corrected chi connectivity index (χ3v) is 3.45. The van der Waals surface area contributed by atoms with Crippen LogP contribution in [0, 0.1) is 6.92 Å². The Kier molecular flexibility index (Phi) is 3.54. The van der Waals surface area contributed by atoms with E-state index in [-0.39, 0.29) is 0 Å². The van der Waals surface area contributed by atoms with Gasteiger partial charge in [-0.15, -0.1) is 0 Å². The molecule has 1 N–H and O–H groups in total. The summed E-state index contributed by atoms with van der Waals surface area (Å²) in [6.07, 6.45) is 0. The van der Waals surface area contributed by atoms with Crippen molar-refractivity contribution in [1.29, 1.82) is 0 Å². The van der Waals surface area contributed by atoms with Crippen LogP contribution in [0.5, 0.6) is 0 Å². The fraction of sp³-hybridized carbons (Fsp3) is 0.462. The second-order valence-corrected chi connectivity index (χ2v) is 5.59. The molecule has 0 aliphatic rings. The monoisotopic (exact) mass is 295 g/mol. The molecule has 0 atom stereocenters. The van der Waals surface area contributed by atoms with Gasteiger partial charge in [0.25, 0.3) is 0 Å². The fourth-order valence-corrected chi connectivity index (χ4v) is 2.53. The largest absolute Gasteiger partial charge is 0.330 e. The quantitative estimate of drug-likeness (QED) is 0.943. The normalized spacial score (nSPS) is 11.6. The van der Waals surface area contributed by atoms with Crippen LogP contribution in [-0.4, -0.2) is 15.6 Å². The van der Waals surface area contributed by atoms with Crippen molar-refractivity contribution in [1.82, 2.24) is 14.9 Å². The van der Waals surface area contributed by atoms with E-state index in [4.69, 9.17) is 0 Å². The van der Waals surface area contributed by atoms with Gasteiger partial charge in [-0.1, -0.05) is 13.8 Å². The summed E-state index contributed by atoms with van der Waals surface area (Å²) in [6.45, 7) is 7.18. The molecule has 0 aliphatic heterocycles. The molecule has 0 saturated carbocycles. The van der Waals surface area contributed by atoms with E-state index < -0.39 is 0 Å². The number of benzene rings is 1. The first-order valence-corrected chi connectivity index (χ1v) is 6.63. The molecule has 0 aliphatic carbocycles. The Balaban J connectivity index is 2.45. The van der Waals surface area contributed by atoms with E-state index in [1.807, 2.05) is 0 Å². The second-order valence-electron chi connectivity index (χ2n) is 4.74. The highest BCUT2D eigenvalue weighted by molar-refractivity contribution is 9.10. The van der Waals surface area contributed by atoms with Gasteiger partial charge in [-0.3, -0.25) is 0 Å². The lowest BCUT2D eigenvalue weighted by Crippen LogP contribution is -2.23. The number of fused-ring (bicyclic) bond motifs is 1. The van der Waals surface area contributed by atoms with Crippen molar-refractivity contribution in [2.45, 2.75) is 33.4 Å². The SMILES string of the molecule is Cc1cc(Br)c2nc(CNC(C)C)n(C)c2c1. The summed E-state index contributed by atoms with van der Waals surface area (Å²) in [5.74, 6) is 1.07. The van der Waals surface area contributed by atoms with Crippen LogP contribution in [0.15, 0.2) is 16.6 Å². The van der Waals surface area contributed by atoms with Crippen molar-refractivity contribution < 1.29 is 0 Å². The summed E-state index contributed by atoms with van der Waals surface area (Å²) >= 11 is 3.58. The molecule has 1 heterocycles. The molecule has 92 valence electrons. The first-order valence-electron chi connectivity index (χ1n) is 5.84. The summed E-state index contributed by atoms with van der Waals surface area (Å²) in [6, 6.07) is 4.75. The maximum atomic E-state index is 4.68. The molecular weight excluding hydrogens is 278 g/mol. The van der Waals surface area contributed by atoms with Gasteiger partial charge < -0.3 is 9.88 Å². The Morgan fingerprint density at radius 1 is 1.41 bits per heavy atom. The number of hydrogen-bond acceptors (Lipinski definition) is 2. The molecular formula is C13H18BrN3. The van der Waals surface area contributed by atoms with Gasteiger partial charge in [0.15, 0.2) is 0 Å². The van der Waals surface area contributed by atoms with E-state index in [2.05, 4.69) is 70.7 Å². The average molecular weight is 296 g/mol. The maximum absolute atomic E-state index is 4.68. The first-order chi connectivity index (χ1) is 7.99. The number of hydrogen-bond donors (Lipinski definition) is 1. The standard InChI is InChI=1S/C13H18BrN3/c1-8(2)15-7-12-16-13-10(14)5-9(3)6-11(13)17(12)4/h5-6,8,15H,7H2,1-4H3. The number of imidazole rings is 1. The van der Waals surface area contributed by atoms with E-state index in [0.29, 0.717) is 6.04 Å². The second kappa shape index (κ2) is 4.78. The van der Waals surface area contributed by atoms with Crippen LogP contribution in [0.3, 0.4) is 0 Å². The predicted molar refractivity (Wildman–Crippen MR) is 75.1 cm³/mol. The zero-order chi connectivity index (χ0) is 12.6. The fourth-order valence-electron chi connectivity index (χ4n) is 1.88. The number of aromatic nitrogens is 2. The third kappa shape index (κ3) is 2.53. The molecule has 0 fully saturated rings. The number of nitrogens with one attached hydrogen (secondary N) is 1. The smallest absolute Gasteiger partial charge is 0.123 e. The Morgan fingerprint density at radius 3 is 2.76 bits per heavy atom. The van der Waals surface area contributed by atoms with Gasteiger partial charge in [0.1, 0.15) is 11.3 Å². The van der Waals surface area contributed by atoms with Gasteiger partial charge >= 0.3 is 0 Å². The van der Waals surface area contributed by atoms with Gasteiger partial charge in [0, 0.05) is 17.6 Å². The molecule has 0 radical (unpaired) electrons. The van der Waals surface area contributed by atoms with Crippen LogP contribution in [0.1, 0.15) is 25.2 Å². The third-order valence-electron chi connectivity index (χ3n) is 2.85. The molecule has 4 heteroatoms. The lowest BCUT2D eigenvalue weighted by Gasteiger charge is -2.07. The number of nitrogens with zero attached hydrogens (tertiary/aromatic N) is 2. The lowest BCUT2D eigenvalue weighted by atomic mass is 10.2. The number of halogens is 1. The Hall–Kier alpha value is -0.870. The zero-order valence-electron chi connectivity index (χ0n) is 10.7. The Morgan fingerprint density at radius 2 is 2.12 bits per heavy atom. The summed E-state index contributed by atoms with van der Waals surface area (Å²) in [5.41, 5.74) is 3.46. The highest BCUT2D eigenvalue weighted by atomic mass is 79.9. The highest BCUT2D eigenvalue weighted by Gasteiger charge is 2.10. The number of rotatable bonds is 3.